The second kappa shape index (κ2) is 5.34. The zero-order chi connectivity index (χ0) is 11.7. The molecule has 0 radical (unpaired) electrons. The fourth-order valence-electron chi connectivity index (χ4n) is 0.715. The maximum atomic E-state index is 10.3. The second-order valence-electron chi connectivity index (χ2n) is 2.17. The molecule has 0 saturated heterocycles. The van der Waals surface area contributed by atoms with Gasteiger partial charge in [-0.15, -0.1) is 4.29 Å². The van der Waals surface area contributed by atoms with Gasteiger partial charge in [0.2, 0.25) is 0 Å². The van der Waals surface area contributed by atoms with Crippen LogP contribution in [0.15, 0.2) is 0 Å². The van der Waals surface area contributed by atoms with E-state index in [1.165, 1.54) is 0 Å². The fraction of sp³-hybridized carbons (Fsp3) is 0. The monoisotopic (exact) mass is 330 g/mol. The molecule has 0 aliphatic heterocycles. The molecular weight excluding hydrogens is 333 g/mol. The van der Waals surface area contributed by atoms with Crippen LogP contribution in [0.2, 0.25) is 25.1 Å². The molecule has 0 fully saturated rings. The predicted octanol–water partition coefficient (Wildman–Crippen LogP) is 2.42. The third kappa shape index (κ3) is 2.87. The van der Waals surface area contributed by atoms with Crippen molar-refractivity contribution in [2.75, 3.05) is 0 Å². The summed E-state index contributed by atoms with van der Waals surface area (Å²) in [5, 5.41) is -0.813. The zero-order valence-electron chi connectivity index (χ0n) is 6.49. The lowest BCUT2D eigenvalue weighted by molar-refractivity contribution is -1.62. The van der Waals surface area contributed by atoms with Crippen molar-refractivity contribution in [3.63, 3.8) is 0 Å². The van der Waals surface area contributed by atoms with Gasteiger partial charge in [-0.25, -0.2) is 0 Å². The van der Waals surface area contributed by atoms with Crippen LogP contribution in [0.1, 0.15) is 0 Å². The van der Waals surface area contributed by atoms with E-state index in [-0.39, 0.29) is 30.9 Å². The molecule has 1 aromatic carbocycles. The molecular formula is C6Cl6O3. The average molecular weight is 333 g/mol. The van der Waals surface area contributed by atoms with Crippen LogP contribution in [-0.2, 0) is 0 Å². The maximum Gasteiger partial charge on any atom is 0.350 e. The number of hydrogen-bond acceptors (Lipinski definition) is 3. The van der Waals surface area contributed by atoms with Crippen LogP contribution in [0.5, 0.6) is 5.75 Å². The van der Waals surface area contributed by atoms with E-state index < -0.39 is 10.8 Å². The van der Waals surface area contributed by atoms with Crippen molar-refractivity contribution in [2.24, 2.45) is 0 Å². The van der Waals surface area contributed by atoms with Gasteiger partial charge in [0.25, 0.3) is 5.75 Å². The van der Waals surface area contributed by atoms with Crippen molar-refractivity contribution in [1.82, 2.24) is 0 Å². The van der Waals surface area contributed by atoms with Crippen LogP contribution < -0.4 is 13.6 Å². The first kappa shape index (κ1) is 13.7. The molecule has 15 heavy (non-hydrogen) atoms. The minimum Gasteiger partial charge on any atom is -0.307 e. The smallest absolute Gasteiger partial charge is 0.307 e. The van der Waals surface area contributed by atoms with Crippen LogP contribution in [0.4, 0.5) is 0 Å². The lowest BCUT2D eigenvalue weighted by Gasteiger charge is -2.07. The van der Waals surface area contributed by atoms with E-state index in [4.69, 9.17) is 58.0 Å². The molecule has 0 aliphatic rings. The number of rotatable bonds is 2. The Kier molecular flexibility index (Phi) is 4.89. The van der Waals surface area contributed by atoms with Crippen molar-refractivity contribution in [3.05, 3.63) is 25.1 Å². The summed E-state index contributed by atoms with van der Waals surface area (Å²) < 4.78 is 24.9. The Bertz CT molecular complexity index is 364. The molecule has 0 atom stereocenters. The van der Waals surface area contributed by atoms with Gasteiger partial charge in [0.15, 0.2) is 0 Å². The van der Waals surface area contributed by atoms with Gasteiger partial charge in [0, 0.05) is 0 Å². The average Bonchev–Trinajstić information content (AvgIpc) is 2.18. The summed E-state index contributed by atoms with van der Waals surface area (Å²) >= 11 is 28.3. The van der Waals surface area contributed by atoms with E-state index in [1.54, 1.807) is 0 Å². The molecule has 0 aliphatic carbocycles. The Morgan fingerprint density at radius 1 is 0.733 bits per heavy atom. The summed E-state index contributed by atoms with van der Waals surface area (Å²) in [6, 6.07) is 0. The lowest BCUT2D eigenvalue weighted by atomic mass is 10.3. The highest BCUT2D eigenvalue weighted by molar-refractivity contribution is 6.55. The minimum absolute atomic E-state index is 0.0760. The SMILES string of the molecule is [O-][Cl+2]([O-])Oc1c(Cl)c(Cl)c(Cl)c(Cl)c1Cl. The van der Waals surface area contributed by atoms with E-state index in [9.17, 15) is 9.32 Å². The number of halogens is 6. The summed E-state index contributed by atoms with van der Waals surface area (Å²) in [5.41, 5.74) is 0. The van der Waals surface area contributed by atoms with E-state index in [0.29, 0.717) is 0 Å². The van der Waals surface area contributed by atoms with E-state index in [0.717, 1.165) is 0 Å². The summed E-state index contributed by atoms with van der Waals surface area (Å²) in [6.45, 7) is 0. The topological polar surface area (TPSA) is 55.3 Å². The molecule has 1 aromatic rings. The third-order valence-corrected chi connectivity index (χ3v) is 3.83. The van der Waals surface area contributed by atoms with Crippen molar-refractivity contribution >= 4 is 58.0 Å². The summed E-state index contributed by atoms with van der Waals surface area (Å²) in [5.74, 6) is -0.372. The van der Waals surface area contributed by atoms with Crippen molar-refractivity contribution in [2.45, 2.75) is 0 Å². The van der Waals surface area contributed by atoms with Crippen molar-refractivity contribution < 1.29 is 24.4 Å². The molecule has 3 nitrogen and oxygen atoms in total. The predicted molar refractivity (Wildman–Crippen MR) is 52.1 cm³/mol. The summed E-state index contributed by atoms with van der Waals surface area (Å²) in [7, 11) is -2.51. The van der Waals surface area contributed by atoms with Crippen LogP contribution in [0.25, 0.3) is 0 Å². The van der Waals surface area contributed by atoms with Gasteiger partial charge in [-0.2, -0.15) is 0 Å². The van der Waals surface area contributed by atoms with Crippen LogP contribution in [-0.4, -0.2) is 0 Å². The quantitative estimate of drug-likeness (QED) is 0.617. The molecule has 0 bridgehead atoms. The normalized spacial score (nSPS) is 10.9. The zero-order valence-corrected chi connectivity index (χ0v) is 11.0. The Hall–Kier alpha value is 0.680. The molecule has 0 aromatic heterocycles. The largest absolute Gasteiger partial charge is 0.350 e. The van der Waals surface area contributed by atoms with Gasteiger partial charge in [-0.05, 0) is 0 Å². The molecule has 0 amide bonds. The lowest BCUT2D eigenvalue weighted by Crippen LogP contribution is -2.37. The molecule has 0 saturated carbocycles. The Morgan fingerprint density at radius 2 is 1.07 bits per heavy atom. The Morgan fingerprint density at radius 3 is 1.40 bits per heavy atom. The fourth-order valence-corrected chi connectivity index (χ4v) is 2.27. The minimum atomic E-state index is -2.51. The number of benzene rings is 1. The highest BCUT2D eigenvalue weighted by atomic mass is 35.6. The van der Waals surface area contributed by atoms with Gasteiger partial charge in [0.05, 0.1) is 15.1 Å². The summed E-state index contributed by atoms with van der Waals surface area (Å²) in [4.78, 5) is 0. The molecule has 0 N–H and O–H groups in total. The molecule has 0 unspecified atom stereocenters. The van der Waals surface area contributed by atoms with Crippen LogP contribution in [0.3, 0.4) is 0 Å². The summed E-state index contributed by atoms with van der Waals surface area (Å²) in [6.07, 6.45) is 0. The molecule has 0 spiro atoms. The first-order valence-electron chi connectivity index (χ1n) is 3.11. The first-order valence-corrected chi connectivity index (χ1v) is 5.93. The molecule has 84 valence electrons. The molecule has 9 heteroatoms. The second-order valence-corrected chi connectivity index (χ2v) is 4.59. The Labute approximate surface area is 113 Å². The van der Waals surface area contributed by atoms with Gasteiger partial charge < -0.3 is 9.32 Å². The van der Waals surface area contributed by atoms with Crippen molar-refractivity contribution in [3.8, 4) is 5.75 Å². The number of hydrogen-bond donors (Lipinski definition) is 0. The molecule has 1 rings (SSSR count). The standard InChI is InChI=1S/C6Cl6O3/c7-1-2(8)4(10)6(15-12(13)14)5(11)3(1)9. The van der Waals surface area contributed by atoms with Crippen LogP contribution >= 0.6 is 58.0 Å². The van der Waals surface area contributed by atoms with E-state index in [1.807, 2.05) is 0 Å². The van der Waals surface area contributed by atoms with Crippen LogP contribution in [0, 0.1) is 10.8 Å². The molecule has 0 heterocycles. The highest BCUT2D eigenvalue weighted by Crippen LogP contribution is 2.48. The van der Waals surface area contributed by atoms with Gasteiger partial charge in [0.1, 0.15) is 10.0 Å². The first-order chi connectivity index (χ1) is 6.86. The Balaban J connectivity index is 3.39. The third-order valence-electron chi connectivity index (χ3n) is 1.31. The van der Waals surface area contributed by atoms with Gasteiger partial charge >= 0.3 is 10.8 Å². The van der Waals surface area contributed by atoms with E-state index in [2.05, 4.69) is 4.29 Å². The van der Waals surface area contributed by atoms with Gasteiger partial charge in [-0.3, -0.25) is 0 Å². The maximum absolute atomic E-state index is 10.3. The van der Waals surface area contributed by atoms with Crippen molar-refractivity contribution in [1.29, 1.82) is 0 Å². The van der Waals surface area contributed by atoms with Gasteiger partial charge in [-0.1, -0.05) is 58.0 Å². The van der Waals surface area contributed by atoms with E-state index >= 15 is 0 Å². The highest BCUT2D eigenvalue weighted by Gasteiger charge is 2.27.